The minimum atomic E-state index is -0.154. The summed E-state index contributed by atoms with van der Waals surface area (Å²) in [5.74, 6) is 2.93. The van der Waals surface area contributed by atoms with E-state index in [1.807, 2.05) is 30.9 Å². The standard InChI is InChI=1S/C15H19O3.Cs/c1-11-7-15(17-9-11)18-14-4-2-3-13(8-14)16-10-12-5-6-12;/h2-4,8-9,11-12,15H,5-7,10H2,1H3;/q-1;+1/t11-,15?;/m1./s1. The molecule has 1 heterocycles. The molecule has 19 heavy (non-hydrogen) atoms. The Morgan fingerprint density at radius 3 is 2.79 bits per heavy atom. The molecular weight excluding hydrogens is 361 g/mol. The van der Waals surface area contributed by atoms with Crippen molar-refractivity contribution in [3.63, 3.8) is 0 Å². The van der Waals surface area contributed by atoms with Gasteiger partial charge in [-0.15, -0.1) is 5.92 Å². The minimum absolute atomic E-state index is 0. The fourth-order valence-corrected chi connectivity index (χ4v) is 2.00. The Kier molecular flexibility index (Phi) is 6.59. The Morgan fingerprint density at radius 2 is 2.11 bits per heavy atom. The summed E-state index contributed by atoms with van der Waals surface area (Å²) in [5, 5.41) is 0. The van der Waals surface area contributed by atoms with Gasteiger partial charge in [0.15, 0.2) is 6.29 Å². The molecule has 2 aliphatic rings. The first kappa shape index (κ1) is 16.2. The van der Waals surface area contributed by atoms with E-state index in [0.29, 0.717) is 5.92 Å². The van der Waals surface area contributed by atoms with Gasteiger partial charge in [0.1, 0.15) is 11.5 Å². The zero-order valence-electron chi connectivity index (χ0n) is 11.7. The Morgan fingerprint density at radius 1 is 1.32 bits per heavy atom. The molecule has 1 saturated heterocycles. The van der Waals surface area contributed by atoms with Crippen LogP contribution in [0.4, 0.5) is 0 Å². The second-order valence-corrected chi connectivity index (χ2v) is 5.26. The van der Waals surface area contributed by atoms with Crippen molar-refractivity contribution in [3.05, 3.63) is 30.9 Å². The molecule has 2 atom stereocenters. The second-order valence-electron chi connectivity index (χ2n) is 5.26. The summed E-state index contributed by atoms with van der Waals surface area (Å²) in [4.78, 5) is 0. The van der Waals surface area contributed by atoms with E-state index in [1.165, 1.54) is 12.8 Å². The first-order valence-corrected chi connectivity index (χ1v) is 6.68. The van der Waals surface area contributed by atoms with Gasteiger partial charge in [-0.1, -0.05) is 13.0 Å². The molecule has 98 valence electrons. The molecule has 1 aromatic rings. The molecule has 1 unspecified atom stereocenters. The molecule has 0 amide bonds. The third-order valence-electron chi connectivity index (χ3n) is 3.28. The van der Waals surface area contributed by atoms with Crippen molar-refractivity contribution in [1.82, 2.24) is 0 Å². The van der Waals surface area contributed by atoms with Crippen LogP contribution >= 0.6 is 0 Å². The van der Waals surface area contributed by atoms with E-state index in [1.54, 1.807) is 0 Å². The molecule has 0 radical (unpaired) electrons. The van der Waals surface area contributed by atoms with Crippen molar-refractivity contribution in [1.29, 1.82) is 0 Å². The molecule has 0 spiro atoms. The van der Waals surface area contributed by atoms with Crippen molar-refractivity contribution in [2.45, 2.75) is 32.5 Å². The summed E-state index contributed by atoms with van der Waals surface area (Å²) in [7, 11) is 0. The molecule has 0 bridgehead atoms. The van der Waals surface area contributed by atoms with Crippen molar-refractivity contribution in [2.75, 3.05) is 6.61 Å². The Bertz CT molecular complexity index is 406. The van der Waals surface area contributed by atoms with Crippen molar-refractivity contribution >= 4 is 0 Å². The van der Waals surface area contributed by atoms with Crippen molar-refractivity contribution in [3.8, 4) is 11.5 Å². The van der Waals surface area contributed by atoms with Gasteiger partial charge in [-0.2, -0.15) is 0 Å². The van der Waals surface area contributed by atoms with Crippen molar-refractivity contribution in [2.24, 2.45) is 11.8 Å². The molecule has 1 saturated carbocycles. The first-order valence-electron chi connectivity index (χ1n) is 6.68. The van der Waals surface area contributed by atoms with E-state index in [0.717, 1.165) is 30.4 Å². The summed E-state index contributed by atoms with van der Waals surface area (Å²) < 4.78 is 16.9. The summed E-state index contributed by atoms with van der Waals surface area (Å²) in [6, 6.07) is 7.81. The first-order chi connectivity index (χ1) is 8.79. The predicted octanol–water partition coefficient (Wildman–Crippen LogP) is 0.402. The number of benzene rings is 1. The van der Waals surface area contributed by atoms with Crippen LogP contribution in [-0.2, 0) is 4.74 Å². The van der Waals surface area contributed by atoms with Gasteiger partial charge in [0.2, 0.25) is 0 Å². The van der Waals surface area contributed by atoms with Crippen LogP contribution < -0.4 is 78.4 Å². The largest absolute Gasteiger partial charge is 1.00 e. The van der Waals surface area contributed by atoms with Gasteiger partial charge in [0, 0.05) is 6.07 Å². The van der Waals surface area contributed by atoms with Gasteiger partial charge in [0.05, 0.1) is 6.61 Å². The Balaban J connectivity index is 0.00000133. The molecule has 0 aromatic heterocycles. The quantitative estimate of drug-likeness (QED) is 0.693. The summed E-state index contributed by atoms with van der Waals surface area (Å²) in [6.45, 7) is 4.80. The molecular formula is C15H19CsO3. The van der Waals surface area contributed by atoms with E-state index in [2.05, 4.69) is 6.92 Å². The summed E-state index contributed by atoms with van der Waals surface area (Å²) in [6.07, 6.45) is 3.37. The molecule has 4 heteroatoms. The predicted molar refractivity (Wildman–Crippen MR) is 68.2 cm³/mol. The van der Waals surface area contributed by atoms with E-state index < -0.39 is 0 Å². The van der Waals surface area contributed by atoms with Crippen LogP contribution in [0.1, 0.15) is 26.2 Å². The zero-order chi connectivity index (χ0) is 12.4. The van der Waals surface area contributed by atoms with E-state index in [9.17, 15) is 0 Å². The fraction of sp³-hybridized carbons (Fsp3) is 0.533. The zero-order valence-corrected chi connectivity index (χ0v) is 18.0. The molecule has 3 rings (SSSR count). The number of hydrogen-bond donors (Lipinski definition) is 0. The molecule has 1 aliphatic carbocycles. The van der Waals surface area contributed by atoms with Gasteiger partial charge < -0.3 is 14.2 Å². The maximum absolute atomic E-state index is 5.78. The van der Waals surface area contributed by atoms with Crippen LogP contribution in [0.25, 0.3) is 0 Å². The van der Waals surface area contributed by atoms with Gasteiger partial charge in [-0.3, -0.25) is 0 Å². The van der Waals surface area contributed by atoms with Crippen LogP contribution in [0.2, 0.25) is 0 Å². The Labute approximate surface area is 173 Å². The van der Waals surface area contributed by atoms with Crippen molar-refractivity contribution < 1.29 is 83.1 Å². The maximum atomic E-state index is 5.78. The van der Waals surface area contributed by atoms with Crippen LogP contribution in [0, 0.1) is 18.4 Å². The fourth-order valence-electron chi connectivity index (χ4n) is 2.00. The third-order valence-corrected chi connectivity index (χ3v) is 3.28. The maximum Gasteiger partial charge on any atom is 1.00 e. The van der Waals surface area contributed by atoms with Crippen LogP contribution in [0.3, 0.4) is 0 Å². The van der Waals surface area contributed by atoms with Gasteiger partial charge in [0.25, 0.3) is 0 Å². The van der Waals surface area contributed by atoms with Gasteiger partial charge in [-0.05, 0) is 37.3 Å². The average Bonchev–Trinajstić information content (AvgIpc) is 3.11. The van der Waals surface area contributed by atoms with E-state index in [4.69, 9.17) is 14.2 Å². The van der Waals surface area contributed by atoms with E-state index in [-0.39, 0.29) is 75.2 Å². The molecule has 0 N–H and O–H groups in total. The third kappa shape index (κ3) is 5.27. The topological polar surface area (TPSA) is 27.7 Å². The normalized spacial score (nSPS) is 25.7. The van der Waals surface area contributed by atoms with Gasteiger partial charge >= 0.3 is 68.9 Å². The Hall–Kier alpha value is 0.832. The van der Waals surface area contributed by atoms with Crippen LogP contribution in [-0.4, -0.2) is 12.9 Å². The molecule has 1 aromatic carbocycles. The smallest absolute Gasteiger partial charge is 0.520 e. The number of rotatable bonds is 5. The minimum Gasteiger partial charge on any atom is -0.520 e. The number of hydrogen-bond acceptors (Lipinski definition) is 3. The van der Waals surface area contributed by atoms with Crippen LogP contribution in [0.5, 0.6) is 11.5 Å². The SMILES string of the molecule is C[C@H]1[CH-]OC(Oc2cccc(OCC3CC3)c2)C1.[Cs+]. The van der Waals surface area contributed by atoms with E-state index >= 15 is 0 Å². The molecule has 1 aliphatic heterocycles. The molecule has 3 nitrogen and oxygen atoms in total. The summed E-state index contributed by atoms with van der Waals surface area (Å²) in [5.41, 5.74) is 0. The van der Waals surface area contributed by atoms with Crippen LogP contribution in [0.15, 0.2) is 24.3 Å². The monoisotopic (exact) mass is 380 g/mol. The summed E-state index contributed by atoms with van der Waals surface area (Å²) >= 11 is 0. The van der Waals surface area contributed by atoms with Gasteiger partial charge in [-0.25, -0.2) is 6.61 Å². The number of ether oxygens (including phenoxy) is 3. The molecule has 2 fully saturated rings. The second kappa shape index (κ2) is 7.73. The average molecular weight is 380 g/mol.